The van der Waals surface area contributed by atoms with Gasteiger partial charge in [0.05, 0.1) is 12.6 Å². The Balaban J connectivity index is 2.03. The second-order valence-corrected chi connectivity index (χ2v) is 7.63. The molecule has 2 aromatic heterocycles. The number of carbonyl (C=O) groups is 1. The molecular formula is C22H20N2O4S. The molecule has 0 spiro atoms. The average molecular weight is 408 g/mol. The number of aryl methyl sites for hydroxylation is 1. The van der Waals surface area contributed by atoms with E-state index in [0.29, 0.717) is 22.7 Å². The molecule has 0 bridgehead atoms. The van der Waals surface area contributed by atoms with Gasteiger partial charge in [0.2, 0.25) is 0 Å². The molecule has 0 aliphatic carbocycles. The summed E-state index contributed by atoms with van der Waals surface area (Å²) in [5.41, 5.74) is 3.96. The smallest absolute Gasteiger partial charge is 0.411 e. The van der Waals surface area contributed by atoms with Gasteiger partial charge in [-0.3, -0.25) is 9.69 Å². The number of nitrogens with zero attached hydrogens (tertiary/aromatic N) is 1. The van der Waals surface area contributed by atoms with Gasteiger partial charge in [-0.15, -0.1) is 11.3 Å². The number of amides is 1. The van der Waals surface area contributed by atoms with Crippen LogP contribution in [0, 0.1) is 6.92 Å². The Bertz CT molecular complexity index is 1290. The molecule has 0 saturated heterocycles. The van der Waals surface area contributed by atoms with Crippen molar-refractivity contribution in [2.75, 3.05) is 18.6 Å². The normalized spacial score (nSPS) is 11.1. The van der Waals surface area contributed by atoms with Crippen LogP contribution in [-0.2, 0) is 0 Å². The van der Waals surface area contributed by atoms with Crippen LogP contribution in [0.4, 0.5) is 10.5 Å². The zero-order valence-corrected chi connectivity index (χ0v) is 17.1. The summed E-state index contributed by atoms with van der Waals surface area (Å²) in [6.07, 6.45) is -0.990. The number of thiophene rings is 1. The lowest BCUT2D eigenvalue weighted by molar-refractivity contribution is 0.202. The summed E-state index contributed by atoms with van der Waals surface area (Å²) in [6, 6.07) is 11.2. The van der Waals surface area contributed by atoms with E-state index in [1.54, 1.807) is 26.2 Å². The molecule has 7 heteroatoms. The van der Waals surface area contributed by atoms with E-state index < -0.39 is 6.09 Å². The highest BCUT2D eigenvalue weighted by Crippen LogP contribution is 2.42. The minimum Gasteiger partial charge on any atom is -0.496 e. The molecule has 0 aliphatic rings. The minimum absolute atomic E-state index is 0.0999. The fourth-order valence-corrected chi connectivity index (χ4v) is 4.55. The van der Waals surface area contributed by atoms with Crippen molar-refractivity contribution in [1.29, 1.82) is 0 Å². The molecule has 29 heavy (non-hydrogen) atoms. The molecule has 0 aliphatic heterocycles. The molecule has 6 nitrogen and oxygen atoms in total. The highest BCUT2D eigenvalue weighted by Gasteiger charge is 2.19. The average Bonchev–Trinajstić information content (AvgIpc) is 3.20. The molecule has 0 fully saturated rings. The van der Waals surface area contributed by atoms with Gasteiger partial charge in [0, 0.05) is 28.6 Å². The molecule has 0 saturated carbocycles. The van der Waals surface area contributed by atoms with Crippen molar-refractivity contribution >= 4 is 44.1 Å². The first-order valence-corrected chi connectivity index (χ1v) is 10.1. The molecule has 4 aromatic rings. The van der Waals surface area contributed by atoms with Crippen molar-refractivity contribution in [3.05, 3.63) is 57.7 Å². The van der Waals surface area contributed by atoms with Gasteiger partial charge < -0.3 is 14.8 Å². The van der Waals surface area contributed by atoms with Gasteiger partial charge in [-0.2, -0.15) is 0 Å². The number of aromatic nitrogens is 1. The maximum Gasteiger partial charge on any atom is 0.411 e. The highest BCUT2D eigenvalue weighted by molar-refractivity contribution is 7.17. The molecule has 1 amide bonds. The lowest BCUT2D eigenvalue weighted by atomic mass is 9.95. The van der Waals surface area contributed by atoms with Gasteiger partial charge in [-0.25, -0.2) is 4.79 Å². The zero-order chi connectivity index (χ0) is 20.7. The van der Waals surface area contributed by atoms with Crippen molar-refractivity contribution in [3.63, 3.8) is 0 Å². The number of nitrogens with one attached hydrogen (secondary N) is 1. The first-order valence-electron chi connectivity index (χ1n) is 9.18. The molecule has 0 unspecified atom stereocenters. The molecule has 0 radical (unpaired) electrons. The van der Waals surface area contributed by atoms with Crippen LogP contribution in [0.2, 0.25) is 0 Å². The topological polar surface area (TPSA) is 82.6 Å². The fraction of sp³-hybridized carbons (Fsp3) is 0.182. The predicted molar refractivity (Wildman–Crippen MR) is 118 cm³/mol. The van der Waals surface area contributed by atoms with Crippen LogP contribution in [0.5, 0.6) is 5.75 Å². The number of rotatable bonds is 4. The molecule has 148 valence electrons. The Morgan fingerprint density at radius 3 is 2.59 bits per heavy atom. The van der Waals surface area contributed by atoms with Crippen molar-refractivity contribution in [2.45, 2.75) is 13.8 Å². The van der Waals surface area contributed by atoms with Gasteiger partial charge >= 0.3 is 6.09 Å². The Morgan fingerprint density at radius 1 is 1.24 bits per heavy atom. The third-order valence-corrected chi connectivity index (χ3v) is 6.02. The van der Waals surface area contributed by atoms with E-state index in [0.717, 1.165) is 33.0 Å². The lowest BCUT2D eigenvalue weighted by Gasteiger charge is -2.19. The number of fused-ring (bicyclic) bond motifs is 3. The van der Waals surface area contributed by atoms with E-state index in [-0.39, 0.29) is 5.56 Å². The largest absolute Gasteiger partial charge is 0.496 e. The number of carboxylic acid groups (broad SMARTS) is 1. The lowest BCUT2D eigenvalue weighted by Crippen LogP contribution is -2.28. The summed E-state index contributed by atoms with van der Waals surface area (Å²) in [6.45, 7) is 4.10. The second-order valence-electron chi connectivity index (χ2n) is 6.71. The molecule has 2 heterocycles. The highest BCUT2D eigenvalue weighted by atomic mass is 32.1. The number of hydrogen-bond acceptors (Lipinski definition) is 4. The molecule has 2 aromatic carbocycles. The number of pyridine rings is 1. The van der Waals surface area contributed by atoms with Crippen LogP contribution in [0.3, 0.4) is 0 Å². The number of benzene rings is 2. The standard InChI is InChI=1S/C22H20N2O4S/c1-4-24(22(26)27)14-7-5-13(6-8-14)17-16(28-3)11-12(2)19-18(17)15-9-10-29-20(15)21(25)23-19/h5-11H,4H2,1-3H3,(H,23,25)(H,26,27). The van der Waals surface area contributed by atoms with Crippen molar-refractivity contribution in [1.82, 2.24) is 4.98 Å². The zero-order valence-electron chi connectivity index (χ0n) is 16.3. The van der Waals surface area contributed by atoms with Crippen LogP contribution >= 0.6 is 11.3 Å². The fourth-order valence-electron chi connectivity index (χ4n) is 3.75. The minimum atomic E-state index is -0.990. The quantitative estimate of drug-likeness (QED) is 0.484. The Labute approximate surface area is 171 Å². The Morgan fingerprint density at radius 2 is 1.97 bits per heavy atom. The van der Waals surface area contributed by atoms with Crippen molar-refractivity contribution < 1.29 is 14.6 Å². The van der Waals surface area contributed by atoms with Crippen LogP contribution in [-0.4, -0.2) is 29.8 Å². The number of anilines is 1. The van der Waals surface area contributed by atoms with E-state index in [9.17, 15) is 14.7 Å². The summed E-state index contributed by atoms with van der Waals surface area (Å²) >= 11 is 1.41. The van der Waals surface area contributed by atoms with Crippen LogP contribution in [0.25, 0.3) is 32.1 Å². The summed E-state index contributed by atoms with van der Waals surface area (Å²) in [7, 11) is 1.62. The van der Waals surface area contributed by atoms with E-state index in [1.165, 1.54) is 16.2 Å². The summed E-state index contributed by atoms with van der Waals surface area (Å²) < 4.78 is 6.36. The van der Waals surface area contributed by atoms with Gasteiger partial charge in [-0.1, -0.05) is 12.1 Å². The Hall–Kier alpha value is -3.32. The molecular weight excluding hydrogens is 388 g/mol. The number of ether oxygens (including phenoxy) is 1. The molecule has 4 rings (SSSR count). The summed E-state index contributed by atoms with van der Waals surface area (Å²) in [4.78, 5) is 28.2. The van der Waals surface area contributed by atoms with Crippen LogP contribution in [0.1, 0.15) is 12.5 Å². The predicted octanol–water partition coefficient (Wildman–Crippen LogP) is 5.23. The van der Waals surface area contributed by atoms with Gasteiger partial charge in [-0.05, 0) is 54.6 Å². The van der Waals surface area contributed by atoms with E-state index >= 15 is 0 Å². The van der Waals surface area contributed by atoms with Gasteiger partial charge in [0.15, 0.2) is 0 Å². The third-order valence-electron chi connectivity index (χ3n) is 5.10. The summed E-state index contributed by atoms with van der Waals surface area (Å²) in [5, 5.41) is 13.1. The van der Waals surface area contributed by atoms with Crippen molar-refractivity contribution in [3.8, 4) is 16.9 Å². The maximum absolute atomic E-state index is 12.5. The van der Waals surface area contributed by atoms with E-state index in [2.05, 4.69) is 4.98 Å². The Kier molecular flexibility index (Phi) is 4.76. The summed E-state index contributed by atoms with van der Waals surface area (Å²) in [5.74, 6) is 0.702. The molecule has 2 N–H and O–H groups in total. The number of methoxy groups -OCH3 is 1. The molecule has 0 atom stereocenters. The van der Waals surface area contributed by atoms with Gasteiger partial charge in [0.1, 0.15) is 10.4 Å². The van der Waals surface area contributed by atoms with E-state index in [4.69, 9.17) is 4.74 Å². The second kappa shape index (κ2) is 7.25. The van der Waals surface area contributed by atoms with Gasteiger partial charge in [0.25, 0.3) is 5.56 Å². The maximum atomic E-state index is 12.5. The number of hydrogen-bond donors (Lipinski definition) is 2. The number of H-pyrrole nitrogens is 1. The van der Waals surface area contributed by atoms with Crippen LogP contribution in [0.15, 0.2) is 46.6 Å². The first kappa shape index (κ1) is 19.0. The van der Waals surface area contributed by atoms with E-state index in [1.807, 2.05) is 36.6 Å². The monoisotopic (exact) mass is 408 g/mol. The first-order chi connectivity index (χ1) is 14.0. The number of aromatic amines is 1. The SMILES string of the molecule is CCN(C(=O)O)c1ccc(-c2c(OC)cc(C)c3[nH]c(=O)c4sccc4c23)cc1. The van der Waals surface area contributed by atoms with Crippen LogP contribution < -0.4 is 15.2 Å². The van der Waals surface area contributed by atoms with Crippen molar-refractivity contribution in [2.24, 2.45) is 0 Å². The third kappa shape index (κ3) is 3.03.